The van der Waals surface area contributed by atoms with Crippen LogP contribution in [-0.2, 0) is 0 Å². The maximum Gasteiger partial charge on any atom is 0.261 e. The van der Waals surface area contributed by atoms with E-state index in [1.54, 1.807) is 0 Å². The number of anilines is 1. The minimum absolute atomic E-state index is 0.0447. The van der Waals surface area contributed by atoms with Gasteiger partial charge in [-0.3, -0.25) is 4.79 Å². The summed E-state index contributed by atoms with van der Waals surface area (Å²) in [5.74, 6) is 0.806. The summed E-state index contributed by atoms with van der Waals surface area (Å²) in [5.41, 5.74) is 7.77. The molecule has 2 aliphatic heterocycles. The monoisotopic (exact) mass is 327 g/mol. The van der Waals surface area contributed by atoms with Crippen molar-refractivity contribution in [1.29, 1.82) is 0 Å². The lowest BCUT2D eigenvalue weighted by molar-refractivity contribution is 0.0913. The van der Waals surface area contributed by atoms with Gasteiger partial charge in [-0.25, -0.2) is 0 Å². The van der Waals surface area contributed by atoms with Crippen molar-refractivity contribution in [3.05, 3.63) is 41.3 Å². The van der Waals surface area contributed by atoms with Gasteiger partial charge in [0.25, 0.3) is 5.91 Å². The maximum absolute atomic E-state index is 12.5. The molecule has 1 aromatic heterocycles. The first-order valence-corrected chi connectivity index (χ1v) is 8.98. The number of nitrogens with zero attached hydrogens (tertiary/aromatic N) is 1. The quantitative estimate of drug-likeness (QED) is 0.852. The third kappa shape index (κ3) is 2.99. The van der Waals surface area contributed by atoms with E-state index in [9.17, 15) is 4.79 Å². The third-order valence-electron chi connectivity index (χ3n) is 4.86. The number of nitrogen functional groups attached to an aromatic ring is 1. The molecule has 2 saturated heterocycles. The molecule has 0 spiro atoms. The van der Waals surface area contributed by atoms with E-state index in [0.717, 1.165) is 39.9 Å². The smallest absolute Gasteiger partial charge is 0.261 e. The van der Waals surface area contributed by atoms with Crippen LogP contribution in [0.5, 0.6) is 0 Å². The number of piperidine rings is 1. The number of carbonyl (C=O) groups is 1. The number of benzene rings is 1. The number of nitrogens with one attached hydrogen (secondary N) is 1. The number of carbonyl (C=O) groups excluding carboxylic acids is 1. The minimum Gasteiger partial charge on any atom is -0.398 e. The Morgan fingerprint density at radius 3 is 2.91 bits per heavy atom. The van der Waals surface area contributed by atoms with Gasteiger partial charge in [0, 0.05) is 35.3 Å². The van der Waals surface area contributed by atoms with E-state index in [-0.39, 0.29) is 11.9 Å². The molecule has 2 aliphatic rings. The van der Waals surface area contributed by atoms with Crippen LogP contribution in [0.3, 0.4) is 0 Å². The topological polar surface area (TPSA) is 58.4 Å². The van der Waals surface area contributed by atoms with Gasteiger partial charge in [-0.05, 0) is 43.5 Å². The molecule has 23 heavy (non-hydrogen) atoms. The second kappa shape index (κ2) is 5.98. The molecular weight excluding hydrogens is 306 g/mol. The molecule has 4 nitrogen and oxygen atoms in total. The number of amides is 1. The average molecular weight is 327 g/mol. The highest BCUT2D eigenvalue weighted by Crippen LogP contribution is 2.32. The second-order valence-corrected chi connectivity index (χ2v) is 7.66. The number of rotatable bonds is 3. The highest BCUT2D eigenvalue weighted by Gasteiger charge is 2.33. The second-order valence-electron chi connectivity index (χ2n) is 6.57. The Balaban J connectivity index is 1.46. The number of nitrogens with two attached hydrogens (primary N) is 1. The van der Waals surface area contributed by atoms with E-state index in [4.69, 9.17) is 5.73 Å². The lowest BCUT2D eigenvalue weighted by Gasteiger charge is -2.30. The normalized spacial score (nSPS) is 26.2. The van der Waals surface area contributed by atoms with Gasteiger partial charge in [0.2, 0.25) is 0 Å². The summed E-state index contributed by atoms with van der Waals surface area (Å²) in [4.78, 5) is 16.8. The number of fused-ring (bicyclic) bond motifs is 2. The standard InChI is InChI=1S/C18H21N3OS/c19-15-4-2-1-3-14(15)16-5-6-17(23-16)18(22)20-13-9-12-7-8-21(10-12)11-13/h1-6,12-13H,7-11,19H2,(H,20,22)/t12-,13-/m1/s1. The third-order valence-corrected chi connectivity index (χ3v) is 5.97. The van der Waals surface area contributed by atoms with Crippen LogP contribution in [0.1, 0.15) is 22.5 Å². The first-order valence-electron chi connectivity index (χ1n) is 8.17. The molecule has 3 atom stereocenters. The SMILES string of the molecule is Nc1ccccc1-c1ccc(C(=O)N[C@@H]2C[C@H]3CCN(C3)C2)s1. The van der Waals surface area contributed by atoms with Crippen LogP contribution >= 0.6 is 11.3 Å². The van der Waals surface area contributed by atoms with E-state index in [0.29, 0.717) is 0 Å². The van der Waals surface area contributed by atoms with Crippen LogP contribution < -0.4 is 11.1 Å². The van der Waals surface area contributed by atoms with Crippen molar-refractivity contribution in [2.45, 2.75) is 18.9 Å². The van der Waals surface area contributed by atoms with E-state index in [2.05, 4.69) is 10.2 Å². The van der Waals surface area contributed by atoms with Crippen LogP contribution in [0.2, 0.25) is 0 Å². The van der Waals surface area contributed by atoms with Gasteiger partial charge in [0.1, 0.15) is 0 Å². The zero-order valence-electron chi connectivity index (χ0n) is 13.0. The van der Waals surface area contributed by atoms with Crippen molar-refractivity contribution in [3.63, 3.8) is 0 Å². The molecule has 0 aliphatic carbocycles. The van der Waals surface area contributed by atoms with Crippen LogP contribution in [0.15, 0.2) is 36.4 Å². The molecule has 0 radical (unpaired) electrons. The van der Waals surface area contributed by atoms with Gasteiger partial charge in [-0.15, -0.1) is 11.3 Å². The summed E-state index contributed by atoms with van der Waals surface area (Å²) in [7, 11) is 0. The number of hydrogen-bond donors (Lipinski definition) is 2. The average Bonchev–Trinajstić information content (AvgIpc) is 3.15. The molecule has 2 aromatic rings. The summed E-state index contributed by atoms with van der Waals surface area (Å²) < 4.78 is 0. The first-order chi connectivity index (χ1) is 11.2. The summed E-state index contributed by atoms with van der Waals surface area (Å²) in [5, 5.41) is 3.21. The van der Waals surface area contributed by atoms with Crippen LogP contribution in [0.25, 0.3) is 10.4 Å². The van der Waals surface area contributed by atoms with Gasteiger partial charge in [-0.1, -0.05) is 18.2 Å². The van der Waals surface area contributed by atoms with E-state index >= 15 is 0 Å². The molecule has 120 valence electrons. The summed E-state index contributed by atoms with van der Waals surface area (Å²) >= 11 is 1.51. The number of hydrogen-bond acceptors (Lipinski definition) is 4. The van der Waals surface area contributed by atoms with Crippen molar-refractivity contribution < 1.29 is 4.79 Å². The Morgan fingerprint density at radius 1 is 1.22 bits per heavy atom. The fraction of sp³-hybridized carbons (Fsp3) is 0.389. The Morgan fingerprint density at radius 2 is 2.09 bits per heavy atom. The molecule has 0 saturated carbocycles. The first kappa shape index (κ1) is 14.7. The fourth-order valence-electron chi connectivity index (χ4n) is 3.75. The zero-order valence-corrected chi connectivity index (χ0v) is 13.8. The van der Waals surface area contributed by atoms with E-state index < -0.39 is 0 Å². The molecule has 1 amide bonds. The molecule has 3 N–H and O–H groups in total. The van der Waals surface area contributed by atoms with Gasteiger partial charge in [0.15, 0.2) is 0 Å². The molecule has 1 aromatic carbocycles. The van der Waals surface area contributed by atoms with Gasteiger partial charge < -0.3 is 16.0 Å². The molecule has 2 bridgehead atoms. The van der Waals surface area contributed by atoms with Crippen molar-refractivity contribution >= 4 is 22.9 Å². The minimum atomic E-state index is 0.0447. The predicted molar refractivity (Wildman–Crippen MR) is 94.6 cm³/mol. The fourth-order valence-corrected chi connectivity index (χ4v) is 4.70. The Hall–Kier alpha value is -1.85. The van der Waals surface area contributed by atoms with Gasteiger partial charge in [0.05, 0.1) is 4.88 Å². The summed E-state index contributed by atoms with van der Waals surface area (Å²) in [6.45, 7) is 3.39. The molecule has 3 heterocycles. The van der Waals surface area contributed by atoms with Gasteiger partial charge >= 0.3 is 0 Å². The summed E-state index contributed by atoms with van der Waals surface area (Å²) in [6.07, 6.45) is 2.40. The van der Waals surface area contributed by atoms with Crippen molar-refractivity contribution in [2.24, 2.45) is 5.92 Å². The molecular formula is C18H21N3OS. The highest BCUT2D eigenvalue weighted by molar-refractivity contribution is 7.17. The maximum atomic E-state index is 12.5. The van der Waals surface area contributed by atoms with Crippen LogP contribution in [0, 0.1) is 5.92 Å². The molecule has 2 fully saturated rings. The molecule has 1 unspecified atom stereocenters. The van der Waals surface area contributed by atoms with Gasteiger partial charge in [-0.2, -0.15) is 0 Å². The van der Waals surface area contributed by atoms with E-state index in [1.165, 1.54) is 30.8 Å². The lowest BCUT2D eigenvalue weighted by atomic mass is 9.97. The zero-order chi connectivity index (χ0) is 15.8. The van der Waals surface area contributed by atoms with Crippen molar-refractivity contribution in [3.8, 4) is 10.4 Å². The Labute approximate surface area is 140 Å². The Kier molecular flexibility index (Phi) is 3.83. The highest BCUT2D eigenvalue weighted by atomic mass is 32.1. The lowest BCUT2D eigenvalue weighted by Crippen LogP contribution is -2.46. The largest absolute Gasteiger partial charge is 0.398 e. The number of thiophene rings is 1. The Bertz CT molecular complexity index is 715. The number of para-hydroxylation sites is 1. The van der Waals surface area contributed by atoms with Crippen LogP contribution in [0.4, 0.5) is 5.69 Å². The predicted octanol–water partition coefficient (Wildman–Crippen LogP) is 2.82. The van der Waals surface area contributed by atoms with Crippen LogP contribution in [-0.4, -0.2) is 36.5 Å². The molecule has 5 heteroatoms. The van der Waals surface area contributed by atoms with Crippen molar-refractivity contribution in [1.82, 2.24) is 10.2 Å². The van der Waals surface area contributed by atoms with Crippen molar-refractivity contribution in [2.75, 3.05) is 25.4 Å². The summed E-state index contributed by atoms with van der Waals surface area (Å²) in [6, 6.07) is 12.0. The molecule has 4 rings (SSSR count). The van der Waals surface area contributed by atoms with E-state index in [1.807, 2.05) is 36.4 Å².